The third-order valence-corrected chi connectivity index (χ3v) is 3.26. The van der Waals surface area contributed by atoms with Gasteiger partial charge < -0.3 is 9.64 Å². The molecular weight excluding hydrogens is 287 g/mol. The molecule has 5 nitrogen and oxygen atoms in total. The molecule has 0 aromatic heterocycles. The van der Waals surface area contributed by atoms with E-state index in [1.54, 1.807) is 17.0 Å². The van der Waals surface area contributed by atoms with Gasteiger partial charge in [-0.25, -0.2) is 9.18 Å². The van der Waals surface area contributed by atoms with Crippen molar-refractivity contribution in [3.8, 4) is 0 Å². The topological polar surface area (TPSA) is 59.0 Å². The number of rotatable bonds is 2. The molecule has 0 atom stereocenters. The summed E-state index contributed by atoms with van der Waals surface area (Å²) in [7, 11) is 0. The van der Waals surface area contributed by atoms with E-state index in [-0.39, 0.29) is 11.8 Å². The number of hydrogen-bond donors (Lipinski definition) is 0. The molecule has 1 amide bonds. The fourth-order valence-electron chi connectivity index (χ4n) is 2.23. The Kier molecular flexibility index (Phi) is 4.59. The van der Waals surface area contributed by atoms with Crippen molar-refractivity contribution in [1.82, 2.24) is 4.90 Å². The van der Waals surface area contributed by atoms with Gasteiger partial charge in [-0.15, -0.1) is 4.91 Å². The zero-order valence-electron chi connectivity index (χ0n) is 12.9. The Morgan fingerprint density at radius 3 is 2.59 bits per heavy atom. The minimum atomic E-state index is -0.537. The number of halogens is 1. The van der Waals surface area contributed by atoms with Crippen LogP contribution < -0.4 is 0 Å². The average Bonchev–Trinajstić information content (AvgIpc) is 2.45. The second kappa shape index (κ2) is 6.25. The van der Waals surface area contributed by atoms with Crippen LogP contribution in [0.15, 0.2) is 29.5 Å². The molecule has 0 spiro atoms. The van der Waals surface area contributed by atoms with Crippen LogP contribution in [-0.2, 0) is 4.74 Å². The number of carbonyl (C=O) groups excluding carboxylic acids is 1. The first-order valence-corrected chi connectivity index (χ1v) is 7.10. The Balaban J connectivity index is 2.08. The van der Waals surface area contributed by atoms with Gasteiger partial charge in [0.15, 0.2) is 0 Å². The predicted molar refractivity (Wildman–Crippen MR) is 82.3 cm³/mol. The number of hydrogen-bond acceptors (Lipinski definition) is 4. The average molecular weight is 306 g/mol. The Morgan fingerprint density at radius 2 is 2.09 bits per heavy atom. The van der Waals surface area contributed by atoms with Crippen LogP contribution in [0.4, 0.5) is 14.9 Å². The molecule has 6 heteroatoms. The summed E-state index contributed by atoms with van der Waals surface area (Å²) in [4.78, 5) is 23.9. The second-order valence-corrected chi connectivity index (χ2v) is 6.16. The van der Waals surface area contributed by atoms with Gasteiger partial charge in [-0.2, -0.15) is 0 Å². The minimum absolute atomic E-state index is 0.0630. The summed E-state index contributed by atoms with van der Waals surface area (Å²) < 4.78 is 19.3. The smallest absolute Gasteiger partial charge is 0.410 e. The number of ether oxygens (including phenoxy) is 1. The van der Waals surface area contributed by atoms with Crippen LogP contribution in [-0.4, -0.2) is 29.7 Å². The van der Waals surface area contributed by atoms with Gasteiger partial charge in [0.1, 0.15) is 17.1 Å². The molecule has 1 aromatic rings. The summed E-state index contributed by atoms with van der Waals surface area (Å²) in [5, 5.41) is 2.71. The molecule has 22 heavy (non-hydrogen) atoms. The van der Waals surface area contributed by atoms with E-state index in [9.17, 15) is 14.1 Å². The Hall–Kier alpha value is -2.24. The molecule has 1 aromatic carbocycles. The lowest BCUT2D eigenvalue weighted by Crippen LogP contribution is -2.39. The molecule has 1 heterocycles. The monoisotopic (exact) mass is 306 g/mol. The van der Waals surface area contributed by atoms with Crippen LogP contribution in [0.3, 0.4) is 0 Å². The van der Waals surface area contributed by atoms with Crippen LogP contribution in [0, 0.1) is 10.7 Å². The van der Waals surface area contributed by atoms with Crippen LogP contribution in [0.1, 0.15) is 32.8 Å². The molecule has 0 saturated heterocycles. The van der Waals surface area contributed by atoms with Crippen LogP contribution >= 0.6 is 0 Å². The summed E-state index contributed by atoms with van der Waals surface area (Å²) in [6, 6.07) is 4.14. The quantitative estimate of drug-likeness (QED) is 0.767. The van der Waals surface area contributed by atoms with E-state index in [1.807, 2.05) is 20.8 Å². The van der Waals surface area contributed by atoms with Gasteiger partial charge in [-0.05, 0) is 50.1 Å². The molecule has 2 rings (SSSR count). The van der Waals surface area contributed by atoms with E-state index < -0.39 is 11.4 Å². The van der Waals surface area contributed by atoms with Crippen molar-refractivity contribution in [3.63, 3.8) is 0 Å². The molecule has 0 aliphatic carbocycles. The number of amides is 1. The van der Waals surface area contributed by atoms with E-state index in [2.05, 4.69) is 5.18 Å². The summed E-state index contributed by atoms with van der Waals surface area (Å²) in [6.07, 6.45) is 1.97. The molecular formula is C16H19FN2O3. The van der Waals surface area contributed by atoms with Gasteiger partial charge in [-0.3, -0.25) is 0 Å². The van der Waals surface area contributed by atoms with Crippen LogP contribution in [0.25, 0.3) is 5.57 Å². The van der Waals surface area contributed by atoms with Crippen LogP contribution in [0.5, 0.6) is 0 Å². The number of benzene rings is 1. The molecule has 1 aliphatic rings. The lowest BCUT2D eigenvalue weighted by molar-refractivity contribution is 0.0270. The standard InChI is InChI=1S/C16H19FN2O3/c1-16(2,3)22-15(20)19-8-6-11(7-9-19)13-5-4-12(18-21)10-14(13)17/h4-6,10H,7-9H2,1-3H3. The molecule has 0 unspecified atom stereocenters. The van der Waals surface area contributed by atoms with Crippen molar-refractivity contribution < 1.29 is 13.9 Å². The molecule has 1 aliphatic heterocycles. The fraction of sp³-hybridized carbons (Fsp3) is 0.438. The van der Waals surface area contributed by atoms with Crippen molar-refractivity contribution in [1.29, 1.82) is 0 Å². The van der Waals surface area contributed by atoms with Crippen LogP contribution in [0.2, 0.25) is 0 Å². The largest absolute Gasteiger partial charge is 0.444 e. The number of nitroso groups, excluding NO2 is 1. The normalized spacial score (nSPS) is 15.3. The maximum Gasteiger partial charge on any atom is 0.410 e. The highest BCUT2D eigenvalue weighted by molar-refractivity contribution is 5.73. The van der Waals surface area contributed by atoms with E-state index in [0.717, 1.165) is 11.6 Å². The lowest BCUT2D eigenvalue weighted by atomic mass is 9.99. The summed E-state index contributed by atoms with van der Waals surface area (Å²) >= 11 is 0. The summed E-state index contributed by atoms with van der Waals surface area (Å²) in [5.41, 5.74) is 0.782. The van der Waals surface area contributed by atoms with Gasteiger partial charge in [0, 0.05) is 24.7 Å². The van der Waals surface area contributed by atoms with E-state index in [1.165, 1.54) is 6.07 Å². The maximum atomic E-state index is 14.0. The van der Waals surface area contributed by atoms with E-state index >= 15 is 0 Å². The molecule has 0 saturated carbocycles. The third kappa shape index (κ3) is 3.90. The van der Waals surface area contributed by atoms with Crippen molar-refractivity contribution >= 4 is 17.4 Å². The molecule has 118 valence electrons. The van der Waals surface area contributed by atoms with Gasteiger partial charge in [0.2, 0.25) is 0 Å². The van der Waals surface area contributed by atoms with E-state index in [0.29, 0.717) is 25.1 Å². The van der Waals surface area contributed by atoms with Crippen molar-refractivity contribution in [2.45, 2.75) is 32.8 Å². The zero-order valence-corrected chi connectivity index (χ0v) is 12.9. The van der Waals surface area contributed by atoms with Gasteiger partial charge in [0.05, 0.1) is 0 Å². The van der Waals surface area contributed by atoms with Crippen molar-refractivity contribution in [2.24, 2.45) is 5.18 Å². The van der Waals surface area contributed by atoms with Gasteiger partial charge in [-0.1, -0.05) is 6.08 Å². The molecule has 0 N–H and O–H groups in total. The van der Waals surface area contributed by atoms with Crippen molar-refractivity contribution in [3.05, 3.63) is 40.6 Å². The van der Waals surface area contributed by atoms with Crippen molar-refractivity contribution in [2.75, 3.05) is 13.1 Å². The number of nitrogens with zero attached hydrogens (tertiary/aromatic N) is 2. The summed E-state index contributed by atoms with van der Waals surface area (Å²) in [6.45, 7) is 6.28. The highest BCUT2D eigenvalue weighted by atomic mass is 19.1. The second-order valence-electron chi connectivity index (χ2n) is 6.16. The minimum Gasteiger partial charge on any atom is -0.444 e. The first kappa shape index (κ1) is 16.1. The Bertz CT molecular complexity index is 620. The highest BCUT2D eigenvalue weighted by Crippen LogP contribution is 2.27. The SMILES string of the molecule is CC(C)(C)OC(=O)N1CC=C(c2ccc(N=O)cc2F)CC1. The predicted octanol–water partition coefficient (Wildman–Crippen LogP) is 4.25. The van der Waals surface area contributed by atoms with Gasteiger partial charge in [0.25, 0.3) is 0 Å². The Labute approximate surface area is 128 Å². The third-order valence-electron chi connectivity index (χ3n) is 3.26. The molecule has 0 radical (unpaired) electrons. The van der Waals surface area contributed by atoms with E-state index in [4.69, 9.17) is 4.74 Å². The fourth-order valence-corrected chi connectivity index (χ4v) is 2.23. The maximum absolute atomic E-state index is 14.0. The highest BCUT2D eigenvalue weighted by Gasteiger charge is 2.24. The lowest BCUT2D eigenvalue weighted by Gasteiger charge is -2.29. The Morgan fingerprint density at radius 1 is 1.36 bits per heavy atom. The zero-order chi connectivity index (χ0) is 16.3. The number of carbonyl (C=O) groups is 1. The summed E-state index contributed by atoms with van der Waals surface area (Å²) in [5.74, 6) is -0.478. The molecule has 0 bridgehead atoms. The first-order valence-electron chi connectivity index (χ1n) is 7.10. The van der Waals surface area contributed by atoms with Gasteiger partial charge >= 0.3 is 6.09 Å². The first-order chi connectivity index (χ1) is 10.3. The molecule has 0 fully saturated rings.